The molecule has 4 rings (SSSR count). The van der Waals surface area contributed by atoms with E-state index in [0.717, 1.165) is 30.8 Å². The normalized spacial score (nSPS) is 17.6. The molecule has 2 heterocycles. The van der Waals surface area contributed by atoms with E-state index in [1.807, 2.05) is 36.4 Å². The van der Waals surface area contributed by atoms with E-state index < -0.39 is 5.79 Å². The molecular formula is C23H26ClNO4. The Labute approximate surface area is 176 Å². The van der Waals surface area contributed by atoms with Gasteiger partial charge in [0.2, 0.25) is 0 Å². The number of hydrogen-bond acceptors (Lipinski definition) is 4. The van der Waals surface area contributed by atoms with Crippen LogP contribution in [0.1, 0.15) is 43.7 Å². The summed E-state index contributed by atoms with van der Waals surface area (Å²) in [6, 6.07) is 13.3. The van der Waals surface area contributed by atoms with Crippen LogP contribution in [-0.2, 0) is 26.6 Å². The molecule has 2 aromatic rings. The molecule has 154 valence electrons. The van der Waals surface area contributed by atoms with Crippen LogP contribution >= 0.6 is 11.6 Å². The molecule has 5 nitrogen and oxygen atoms in total. The Kier molecular flexibility index (Phi) is 6.09. The van der Waals surface area contributed by atoms with Gasteiger partial charge in [-0.3, -0.25) is 4.79 Å². The third kappa shape index (κ3) is 3.87. The Bertz CT molecular complexity index is 862. The van der Waals surface area contributed by atoms with E-state index in [-0.39, 0.29) is 5.91 Å². The SMILES string of the molecule is CCCCCOc1ccc(CN2C(=O)C3(OCCCO3)c3cccc(Cl)c32)cc1. The predicted octanol–water partition coefficient (Wildman–Crippen LogP) is 5.05. The van der Waals surface area contributed by atoms with Gasteiger partial charge in [0.15, 0.2) is 0 Å². The number of para-hydroxylation sites is 1. The average molecular weight is 416 g/mol. The lowest BCUT2D eigenvalue weighted by molar-refractivity contribution is -0.256. The number of fused-ring (bicyclic) bond motifs is 2. The molecule has 2 aromatic carbocycles. The highest BCUT2D eigenvalue weighted by Crippen LogP contribution is 2.48. The molecule has 0 bridgehead atoms. The molecule has 1 amide bonds. The van der Waals surface area contributed by atoms with E-state index in [1.54, 1.807) is 11.0 Å². The van der Waals surface area contributed by atoms with Crippen molar-refractivity contribution in [1.82, 2.24) is 0 Å². The number of carbonyl (C=O) groups is 1. The molecule has 2 aliphatic rings. The molecular weight excluding hydrogens is 390 g/mol. The van der Waals surface area contributed by atoms with E-state index >= 15 is 0 Å². The second-order valence-corrected chi connectivity index (χ2v) is 7.80. The highest BCUT2D eigenvalue weighted by Gasteiger charge is 2.55. The Hall–Kier alpha value is -2.08. The van der Waals surface area contributed by atoms with Crippen molar-refractivity contribution in [3.8, 4) is 5.75 Å². The van der Waals surface area contributed by atoms with E-state index in [2.05, 4.69) is 6.92 Å². The molecule has 0 radical (unpaired) electrons. The van der Waals surface area contributed by atoms with Crippen molar-refractivity contribution in [3.63, 3.8) is 0 Å². The van der Waals surface area contributed by atoms with Crippen molar-refractivity contribution >= 4 is 23.2 Å². The highest BCUT2D eigenvalue weighted by atomic mass is 35.5. The highest BCUT2D eigenvalue weighted by molar-refractivity contribution is 6.34. The number of carbonyl (C=O) groups excluding carboxylic acids is 1. The molecule has 1 saturated heterocycles. The van der Waals surface area contributed by atoms with Crippen molar-refractivity contribution < 1.29 is 19.0 Å². The first-order chi connectivity index (χ1) is 14.2. The zero-order chi connectivity index (χ0) is 20.3. The smallest absolute Gasteiger partial charge is 0.292 e. The molecule has 1 fully saturated rings. The number of ether oxygens (including phenoxy) is 3. The maximum atomic E-state index is 13.4. The number of unbranched alkanes of at least 4 members (excludes halogenated alkanes) is 2. The molecule has 0 saturated carbocycles. The molecule has 0 unspecified atom stereocenters. The van der Waals surface area contributed by atoms with Gasteiger partial charge in [0.1, 0.15) is 5.75 Å². The van der Waals surface area contributed by atoms with E-state index in [1.165, 1.54) is 12.8 Å². The van der Waals surface area contributed by atoms with Crippen LogP contribution in [-0.4, -0.2) is 25.7 Å². The summed E-state index contributed by atoms with van der Waals surface area (Å²) in [5.74, 6) is -0.757. The summed E-state index contributed by atoms with van der Waals surface area (Å²) in [5.41, 5.74) is 2.34. The first-order valence-electron chi connectivity index (χ1n) is 10.3. The Balaban J connectivity index is 1.54. The molecule has 0 aliphatic carbocycles. The fraction of sp³-hybridized carbons (Fsp3) is 0.435. The number of benzene rings is 2. The average Bonchev–Trinajstić information content (AvgIpc) is 2.97. The lowest BCUT2D eigenvalue weighted by atomic mass is 10.1. The van der Waals surface area contributed by atoms with E-state index in [4.69, 9.17) is 25.8 Å². The second-order valence-electron chi connectivity index (χ2n) is 7.39. The maximum absolute atomic E-state index is 13.4. The summed E-state index contributed by atoms with van der Waals surface area (Å²) < 4.78 is 17.5. The standard InChI is InChI=1S/C23H26ClNO4/c1-2-3-4-13-27-18-11-9-17(10-12-18)16-25-21-19(7-5-8-20(21)24)23(22(25)26)28-14-6-15-29-23/h5,7-12H,2-4,6,13-16H2,1H3. The second kappa shape index (κ2) is 8.74. The first-order valence-corrected chi connectivity index (χ1v) is 10.6. The van der Waals surface area contributed by atoms with Crippen molar-refractivity contribution in [3.05, 3.63) is 58.6 Å². The first kappa shape index (κ1) is 20.2. The Morgan fingerprint density at radius 1 is 1.10 bits per heavy atom. The summed E-state index contributed by atoms with van der Waals surface area (Å²) in [4.78, 5) is 15.0. The van der Waals surface area contributed by atoms with E-state index in [0.29, 0.717) is 36.0 Å². The van der Waals surface area contributed by atoms with Gasteiger partial charge in [0.25, 0.3) is 11.7 Å². The zero-order valence-corrected chi connectivity index (χ0v) is 17.4. The third-order valence-corrected chi connectivity index (χ3v) is 5.62. The minimum absolute atomic E-state index is 0.222. The van der Waals surface area contributed by atoms with Crippen LogP contribution in [0.4, 0.5) is 5.69 Å². The van der Waals surface area contributed by atoms with Crippen LogP contribution in [0.15, 0.2) is 42.5 Å². The van der Waals surface area contributed by atoms with Gasteiger partial charge in [-0.05, 0) is 36.6 Å². The largest absolute Gasteiger partial charge is 0.494 e. The molecule has 0 aromatic heterocycles. The topological polar surface area (TPSA) is 48.0 Å². The number of nitrogens with zero attached hydrogens (tertiary/aromatic N) is 1. The van der Waals surface area contributed by atoms with Crippen LogP contribution in [0.3, 0.4) is 0 Å². The van der Waals surface area contributed by atoms with Gasteiger partial charge in [0, 0.05) is 5.56 Å². The molecule has 0 N–H and O–H groups in total. The van der Waals surface area contributed by atoms with Crippen LogP contribution in [0.25, 0.3) is 0 Å². The number of rotatable bonds is 7. The monoisotopic (exact) mass is 415 g/mol. The van der Waals surface area contributed by atoms with Gasteiger partial charge < -0.3 is 19.1 Å². The lowest BCUT2D eigenvalue weighted by Gasteiger charge is -2.32. The van der Waals surface area contributed by atoms with Gasteiger partial charge in [-0.1, -0.05) is 55.6 Å². The molecule has 29 heavy (non-hydrogen) atoms. The number of halogens is 1. The lowest BCUT2D eigenvalue weighted by Crippen LogP contribution is -2.47. The maximum Gasteiger partial charge on any atom is 0.292 e. The number of anilines is 1. The number of amides is 1. The van der Waals surface area contributed by atoms with Crippen LogP contribution in [0.2, 0.25) is 5.02 Å². The summed E-state index contributed by atoms with van der Waals surface area (Å²) in [6.07, 6.45) is 4.16. The van der Waals surface area contributed by atoms with Crippen molar-refractivity contribution in [2.45, 2.75) is 44.9 Å². The van der Waals surface area contributed by atoms with Crippen molar-refractivity contribution in [2.75, 3.05) is 24.7 Å². The van der Waals surface area contributed by atoms with Gasteiger partial charge >= 0.3 is 0 Å². The minimum atomic E-state index is -1.37. The molecule has 0 atom stereocenters. The summed E-state index contributed by atoms with van der Waals surface area (Å²) in [5, 5.41) is 0.515. The van der Waals surface area contributed by atoms with Gasteiger partial charge in [-0.2, -0.15) is 0 Å². The Morgan fingerprint density at radius 3 is 2.59 bits per heavy atom. The summed E-state index contributed by atoms with van der Waals surface area (Å²) in [6.45, 7) is 4.25. The van der Waals surface area contributed by atoms with Crippen molar-refractivity contribution in [2.24, 2.45) is 0 Å². The van der Waals surface area contributed by atoms with Crippen LogP contribution < -0.4 is 9.64 Å². The van der Waals surface area contributed by atoms with Crippen molar-refractivity contribution in [1.29, 1.82) is 0 Å². The van der Waals surface area contributed by atoms with Gasteiger partial charge in [0.05, 0.1) is 37.1 Å². The van der Waals surface area contributed by atoms with Gasteiger partial charge in [-0.15, -0.1) is 0 Å². The number of hydrogen-bond donors (Lipinski definition) is 0. The summed E-state index contributed by atoms with van der Waals surface area (Å²) >= 11 is 6.48. The summed E-state index contributed by atoms with van der Waals surface area (Å²) in [7, 11) is 0. The van der Waals surface area contributed by atoms with E-state index in [9.17, 15) is 4.79 Å². The fourth-order valence-corrected chi connectivity index (χ4v) is 4.10. The Morgan fingerprint density at radius 2 is 1.86 bits per heavy atom. The van der Waals surface area contributed by atoms with Gasteiger partial charge in [-0.25, -0.2) is 0 Å². The molecule has 1 spiro atoms. The molecule has 2 aliphatic heterocycles. The fourth-order valence-electron chi connectivity index (χ4n) is 3.83. The zero-order valence-electron chi connectivity index (χ0n) is 16.7. The third-order valence-electron chi connectivity index (χ3n) is 5.32. The van der Waals surface area contributed by atoms with Crippen LogP contribution in [0, 0.1) is 0 Å². The molecule has 6 heteroatoms. The minimum Gasteiger partial charge on any atom is -0.494 e. The van der Waals surface area contributed by atoms with Crippen LogP contribution in [0.5, 0.6) is 5.75 Å². The predicted molar refractivity (Wildman–Crippen MR) is 112 cm³/mol. The quantitative estimate of drug-likeness (QED) is 0.594.